The van der Waals surface area contributed by atoms with Crippen LogP contribution in [0.3, 0.4) is 0 Å². The molecule has 1 unspecified atom stereocenters. The third kappa shape index (κ3) is 5.67. The summed E-state index contributed by atoms with van der Waals surface area (Å²) < 4.78 is 23.2. The zero-order chi connectivity index (χ0) is 23.1. The molecular formula is C22H29FN4O5. The number of hydrogen-bond acceptors (Lipinski definition) is 8. The van der Waals surface area contributed by atoms with E-state index in [1.807, 2.05) is 6.92 Å². The fourth-order valence-corrected chi connectivity index (χ4v) is 4.13. The molecule has 1 fully saturated rings. The second kappa shape index (κ2) is 11.1. The molecule has 1 aliphatic heterocycles. The number of benzene rings is 1. The summed E-state index contributed by atoms with van der Waals surface area (Å²) >= 11 is 0. The number of aromatic nitrogens is 1. The lowest BCUT2D eigenvalue weighted by atomic mass is 9.91. The van der Waals surface area contributed by atoms with Gasteiger partial charge in [-0.1, -0.05) is 10.3 Å². The number of esters is 1. The number of halogens is 1. The number of nitrogens with zero attached hydrogens (tertiary/aromatic N) is 4. The number of carbonyl (C=O) groups is 2. The summed E-state index contributed by atoms with van der Waals surface area (Å²) in [6, 6.07) is 3.40. The maximum Gasteiger partial charge on any atom is 0.305 e. The molecule has 1 amide bonds. The van der Waals surface area contributed by atoms with Gasteiger partial charge in [0.2, 0.25) is 0 Å². The van der Waals surface area contributed by atoms with Crippen LogP contribution in [-0.4, -0.2) is 72.7 Å². The predicted molar refractivity (Wildman–Crippen MR) is 115 cm³/mol. The van der Waals surface area contributed by atoms with Gasteiger partial charge in [-0.3, -0.25) is 9.59 Å². The minimum atomic E-state index is -1.08. The molecule has 0 aliphatic carbocycles. The van der Waals surface area contributed by atoms with Gasteiger partial charge in [-0.2, -0.15) is 0 Å². The molecule has 0 spiro atoms. The number of carbonyl (C=O) groups excluding carboxylic acids is 2. The molecule has 3 rings (SSSR count). The van der Waals surface area contributed by atoms with Crippen molar-refractivity contribution < 1.29 is 23.2 Å². The zero-order valence-corrected chi connectivity index (χ0v) is 18.5. The van der Waals surface area contributed by atoms with Gasteiger partial charge in [-0.05, 0) is 51.4 Å². The first kappa shape index (κ1) is 23.8. The Morgan fingerprint density at radius 2 is 2.12 bits per heavy atom. The van der Waals surface area contributed by atoms with E-state index in [9.17, 15) is 18.9 Å². The largest absolute Gasteiger partial charge is 0.469 e. The van der Waals surface area contributed by atoms with Crippen LogP contribution < -0.4 is 0 Å². The molecule has 1 saturated heterocycles. The number of likely N-dealkylation sites (N-methyl/N-ethyl adjacent to an activating group) is 1. The molecule has 0 N–H and O–H groups in total. The molecule has 1 aromatic heterocycles. The molecule has 1 aromatic carbocycles. The summed E-state index contributed by atoms with van der Waals surface area (Å²) in [6.45, 7) is 5.15. The average Bonchev–Trinajstić information content (AvgIpc) is 3.23. The number of hydrogen-bond donors (Lipinski definition) is 0. The normalized spacial score (nSPS) is 16.1. The second-order valence-electron chi connectivity index (χ2n) is 7.98. The van der Waals surface area contributed by atoms with Gasteiger partial charge in [-0.25, -0.2) is 4.39 Å². The molecule has 174 valence electrons. The van der Waals surface area contributed by atoms with Crippen LogP contribution >= 0.6 is 0 Å². The second-order valence-corrected chi connectivity index (χ2v) is 7.98. The van der Waals surface area contributed by atoms with E-state index in [0.717, 1.165) is 37.0 Å². The number of nitroso groups, excluding NO2 is 1. The highest BCUT2D eigenvalue weighted by atomic mass is 19.1. The number of fused-ring (bicyclic) bond motifs is 1. The van der Waals surface area contributed by atoms with Crippen LogP contribution in [-0.2, 0) is 14.3 Å². The Morgan fingerprint density at radius 3 is 2.78 bits per heavy atom. The third-order valence-corrected chi connectivity index (χ3v) is 6.08. The molecule has 2 heterocycles. The molecule has 0 radical (unpaired) electrons. The standard InChI is InChI=1S/C22H29FN4O5/c1-3-27(22(29)18(24-30)6-7-20(28)31-2)13-12-26-10-8-15(9-11-26)21-17-5-4-16(23)14-19(17)32-25-21/h4-5,14-15,18H,3,6-13H2,1-2H3. The third-order valence-electron chi connectivity index (χ3n) is 6.08. The average molecular weight is 448 g/mol. The van der Waals surface area contributed by atoms with Gasteiger partial charge < -0.3 is 19.1 Å². The van der Waals surface area contributed by atoms with Gasteiger partial charge in [-0.15, -0.1) is 4.91 Å². The van der Waals surface area contributed by atoms with Crippen LogP contribution in [0, 0.1) is 10.7 Å². The summed E-state index contributed by atoms with van der Waals surface area (Å²) in [5.74, 6) is -0.934. The van der Waals surface area contributed by atoms with E-state index >= 15 is 0 Å². The SMILES string of the molecule is CCN(CCN1CCC(c2noc3cc(F)ccc23)CC1)C(=O)C(CCC(=O)OC)N=O. The number of ether oxygens (including phenoxy) is 1. The van der Waals surface area contributed by atoms with E-state index in [2.05, 4.69) is 20.0 Å². The van der Waals surface area contributed by atoms with Crippen LogP contribution in [0.1, 0.15) is 44.2 Å². The van der Waals surface area contributed by atoms with Gasteiger partial charge in [0.25, 0.3) is 5.91 Å². The van der Waals surface area contributed by atoms with Gasteiger partial charge in [0, 0.05) is 43.4 Å². The maximum atomic E-state index is 13.4. The Hall–Kier alpha value is -2.88. The van der Waals surface area contributed by atoms with Gasteiger partial charge in [0.1, 0.15) is 5.82 Å². The van der Waals surface area contributed by atoms with Crippen molar-refractivity contribution in [1.29, 1.82) is 0 Å². The van der Waals surface area contributed by atoms with Crippen molar-refractivity contribution in [3.8, 4) is 0 Å². The van der Waals surface area contributed by atoms with Crippen molar-refractivity contribution in [1.82, 2.24) is 15.0 Å². The van der Waals surface area contributed by atoms with Crippen molar-refractivity contribution in [2.75, 3.05) is 39.8 Å². The molecular weight excluding hydrogens is 419 g/mol. The lowest BCUT2D eigenvalue weighted by molar-refractivity contribution is -0.141. The van der Waals surface area contributed by atoms with E-state index < -0.39 is 12.0 Å². The molecule has 32 heavy (non-hydrogen) atoms. The molecule has 0 saturated carbocycles. The minimum absolute atomic E-state index is 0.0207. The highest BCUT2D eigenvalue weighted by Gasteiger charge is 2.28. The monoisotopic (exact) mass is 448 g/mol. The first-order chi connectivity index (χ1) is 15.5. The van der Waals surface area contributed by atoms with Crippen LogP contribution in [0.5, 0.6) is 0 Å². The number of rotatable bonds is 10. The quantitative estimate of drug-likeness (QED) is 0.406. The van der Waals surface area contributed by atoms with Crippen LogP contribution in [0.4, 0.5) is 4.39 Å². The lowest BCUT2D eigenvalue weighted by Gasteiger charge is -2.33. The summed E-state index contributed by atoms with van der Waals surface area (Å²) in [5.41, 5.74) is 1.33. The first-order valence-electron chi connectivity index (χ1n) is 10.9. The fourth-order valence-electron chi connectivity index (χ4n) is 4.13. The zero-order valence-electron chi connectivity index (χ0n) is 18.5. The molecule has 10 heteroatoms. The van der Waals surface area contributed by atoms with E-state index in [-0.39, 0.29) is 30.5 Å². The number of methoxy groups -OCH3 is 1. The Morgan fingerprint density at radius 1 is 1.38 bits per heavy atom. The topological polar surface area (TPSA) is 105 Å². The lowest BCUT2D eigenvalue weighted by Crippen LogP contribution is -2.44. The molecule has 1 atom stereocenters. The molecule has 1 aliphatic rings. The van der Waals surface area contributed by atoms with E-state index in [1.165, 1.54) is 19.2 Å². The first-order valence-corrected chi connectivity index (χ1v) is 10.9. The van der Waals surface area contributed by atoms with Crippen molar-refractivity contribution in [2.24, 2.45) is 5.18 Å². The number of likely N-dealkylation sites (tertiary alicyclic amines) is 1. The Balaban J connectivity index is 1.50. The van der Waals surface area contributed by atoms with Crippen molar-refractivity contribution >= 4 is 22.8 Å². The van der Waals surface area contributed by atoms with E-state index in [1.54, 1.807) is 11.0 Å². The molecule has 9 nitrogen and oxygen atoms in total. The van der Waals surface area contributed by atoms with Crippen molar-refractivity contribution in [3.63, 3.8) is 0 Å². The van der Waals surface area contributed by atoms with Crippen molar-refractivity contribution in [2.45, 2.75) is 44.6 Å². The number of amides is 1. The predicted octanol–water partition coefficient (Wildman–Crippen LogP) is 3.08. The van der Waals surface area contributed by atoms with Crippen LogP contribution in [0.15, 0.2) is 27.9 Å². The van der Waals surface area contributed by atoms with E-state index in [4.69, 9.17) is 4.52 Å². The summed E-state index contributed by atoms with van der Waals surface area (Å²) in [7, 11) is 1.26. The highest BCUT2D eigenvalue weighted by Crippen LogP contribution is 2.32. The smallest absolute Gasteiger partial charge is 0.305 e. The summed E-state index contributed by atoms with van der Waals surface area (Å²) in [5, 5.41) is 7.95. The summed E-state index contributed by atoms with van der Waals surface area (Å²) in [6.07, 6.45) is 1.80. The van der Waals surface area contributed by atoms with Gasteiger partial charge >= 0.3 is 5.97 Å². The van der Waals surface area contributed by atoms with Crippen molar-refractivity contribution in [3.05, 3.63) is 34.6 Å². The summed E-state index contributed by atoms with van der Waals surface area (Å²) in [4.78, 5) is 39.0. The molecule has 0 bridgehead atoms. The Labute approximate surface area is 185 Å². The number of piperidine rings is 1. The fraction of sp³-hybridized carbons (Fsp3) is 0.591. The Bertz CT molecular complexity index is 942. The van der Waals surface area contributed by atoms with Crippen LogP contribution in [0.25, 0.3) is 11.0 Å². The maximum absolute atomic E-state index is 13.4. The van der Waals surface area contributed by atoms with Crippen LogP contribution in [0.2, 0.25) is 0 Å². The van der Waals surface area contributed by atoms with Gasteiger partial charge in [0.15, 0.2) is 11.6 Å². The molecule has 2 aromatic rings. The van der Waals surface area contributed by atoms with Gasteiger partial charge in [0.05, 0.1) is 12.8 Å². The van der Waals surface area contributed by atoms with E-state index in [0.29, 0.717) is 25.2 Å². The minimum Gasteiger partial charge on any atom is -0.469 e. The Kier molecular flexibility index (Phi) is 8.26. The highest BCUT2D eigenvalue weighted by molar-refractivity contribution is 5.83.